The molecule has 0 fully saturated rings. The molecule has 0 aliphatic carbocycles. The largest absolute Gasteiger partial charge is 0.326 e. The fourth-order valence-corrected chi connectivity index (χ4v) is 0.814. The highest BCUT2D eigenvalue weighted by Crippen LogP contribution is 2.11. The van der Waals surface area contributed by atoms with Gasteiger partial charge in [-0.3, -0.25) is 0 Å². The van der Waals surface area contributed by atoms with Gasteiger partial charge in [-0.15, -0.1) is 0 Å². The highest BCUT2D eigenvalue weighted by atomic mass is 14.5. The molecule has 0 aromatic heterocycles. The minimum Gasteiger partial charge on any atom is -0.326 e. The van der Waals surface area contributed by atoms with Crippen molar-refractivity contribution in [3.05, 3.63) is 6.54 Å². The Labute approximate surface area is 52.3 Å². The Bertz CT molecular complexity index is 39.7. The zero-order valence-electron chi connectivity index (χ0n) is 5.85. The van der Waals surface area contributed by atoms with E-state index in [1.165, 1.54) is 12.8 Å². The van der Waals surface area contributed by atoms with E-state index in [0.717, 1.165) is 12.3 Å². The fourth-order valence-electron chi connectivity index (χ4n) is 0.814. The molecule has 49 valence electrons. The van der Waals surface area contributed by atoms with Crippen LogP contribution in [0.2, 0.25) is 0 Å². The molecule has 0 bridgehead atoms. The molecule has 0 heterocycles. The van der Waals surface area contributed by atoms with E-state index in [9.17, 15) is 0 Å². The highest BCUT2D eigenvalue weighted by Gasteiger charge is 1.99. The predicted octanol–water partition coefficient (Wildman–Crippen LogP) is 1.93. The molecule has 2 N–H and O–H groups in total. The van der Waals surface area contributed by atoms with Gasteiger partial charge in [0.15, 0.2) is 0 Å². The SMILES string of the molecule is CCC(CC)C[CH]N. The van der Waals surface area contributed by atoms with Crippen molar-refractivity contribution in [3.8, 4) is 0 Å². The average Bonchev–Trinajstić information content (AvgIpc) is 1.83. The second-order valence-corrected chi connectivity index (χ2v) is 2.15. The van der Waals surface area contributed by atoms with Gasteiger partial charge in [-0.2, -0.15) is 0 Å². The molecule has 0 aromatic carbocycles. The van der Waals surface area contributed by atoms with Crippen LogP contribution in [-0.4, -0.2) is 0 Å². The van der Waals surface area contributed by atoms with Crippen LogP contribution in [0.15, 0.2) is 0 Å². The van der Waals surface area contributed by atoms with Gasteiger partial charge in [0.05, 0.1) is 0 Å². The van der Waals surface area contributed by atoms with Gasteiger partial charge in [-0.25, -0.2) is 0 Å². The first-order valence-corrected chi connectivity index (χ1v) is 3.38. The quantitative estimate of drug-likeness (QED) is 0.593. The summed E-state index contributed by atoms with van der Waals surface area (Å²) < 4.78 is 0. The minimum absolute atomic E-state index is 0.819. The van der Waals surface area contributed by atoms with Crippen LogP contribution in [0.4, 0.5) is 0 Å². The van der Waals surface area contributed by atoms with Crippen LogP contribution in [0.3, 0.4) is 0 Å². The summed E-state index contributed by atoms with van der Waals surface area (Å²) in [6, 6.07) is 0. The van der Waals surface area contributed by atoms with Gasteiger partial charge in [-0.1, -0.05) is 26.7 Å². The van der Waals surface area contributed by atoms with Crippen LogP contribution >= 0.6 is 0 Å². The summed E-state index contributed by atoms with van der Waals surface area (Å²) in [6.45, 7) is 6.17. The van der Waals surface area contributed by atoms with Crippen molar-refractivity contribution in [1.82, 2.24) is 0 Å². The fraction of sp³-hybridized carbons (Fsp3) is 0.857. The molecule has 8 heavy (non-hydrogen) atoms. The first-order valence-electron chi connectivity index (χ1n) is 3.38. The number of hydrogen-bond donors (Lipinski definition) is 1. The zero-order valence-corrected chi connectivity index (χ0v) is 5.85. The maximum atomic E-state index is 5.26. The molecule has 0 atom stereocenters. The lowest BCUT2D eigenvalue weighted by Crippen LogP contribution is -2.01. The van der Waals surface area contributed by atoms with Crippen LogP contribution in [0.25, 0.3) is 0 Å². The molecule has 0 rings (SSSR count). The molecule has 0 aromatic rings. The van der Waals surface area contributed by atoms with E-state index in [1.807, 2.05) is 0 Å². The Hall–Kier alpha value is -0.0400. The maximum absolute atomic E-state index is 5.26. The van der Waals surface area contributed by atoms with Crippen molar-refractivity contribution >= 4 is 0 Å². The normalized spacial score (nSPS) is 10.5. The lowest BCUT2D eigenvalue weighted by molar-refractivity contribution is 0.484. The van der Waals surface area contributed by atoms with E-state index in [2.05, 4.69) is 13.8 Å². The molecule has 1 heteroatoms. The van der Waals surface area contributed by atoms with E-state index >= 15 is 0 Å². The Morgan fingerprint density at radius 1 is 1.38 bits per heavy atom. The Kier molecular flexibility index (Phi) is 5.08. The van der Waals surface area contributed by atoms with Gasteiger partial charge >= 0.3 is 0 Å². The number of rotatable bonds is 4. The molecule has 0 amide bonds. The number of nitrogens with two attached hydrogens (primary N) is 1. The lowest BCUT2D eigenvalue weighted by atomic mass is 10.00. The Morgan fingerprint density at radius 2 is 1.88 bits per heavy atom. The summed E-state index contributed by atoms with van der Waals surface area (Å²) >= 11 is 0. The summed E-state index contributed by atoms with van der Waals surface area (Å²) in [6.07, 6.45) is 3.58. The second-order valence-electron chi connectivity index (χ2n) is 2.15. The summed E-state index contributed by atoms with van der Waals surface area (Å²) in [5.41, 5.74) is 5.26. The number of hydrogen-bond acceptors (Lipinski definition) is 1. The molecule has 1 nitrogen and oxygen atoms in total. The summed E-state index contributed by atoms with van der Waals surface area (Å²) in [5, 5.41) is 0. The Morgan fingerprint density at radius 3 is 2.00 bits per heavy atom. The molecular weight excluding hydrogens is 98.1 g/mol. The van der Waals surface area contributed by atoms with E-state index in [4.69, 9.17) is 5.73 Å². The van der Waals surface area contributed by atoms with Crippen molar-refractivity contribution in [1.29, 1.82) is 0 Å². The van der Waals surface area contributed by atoms with Gasteiger partial charge in [0.1, 0.15) is 0 Å². The maximum Gasteiger partial charge on any atom is 0.0195 e. The van der Waals surface area contributed by atoms with Gasteiger partial charge in [-0.05, 0) is 12.3 Å². The Balaban J connectivity index is 3.07. The topological polar surface area (TPSA) is 26.0 Å². The smallest absolute Gasteiger partial charge is 0.0195 e. The van der Waals surface area contributed by atoms with Gasteiger partial charge < -0.3 is 5.73 Å². The first kappa shape index (κ1) is 7.96. The standard InChI is InChI=1S/C7H16N/c1-3-7(4-2)5-6-8/h6-7H,3-5,8H2,1-2H3. The summed E-state index contributed by atoms with van der Waals surface area (Å²) in [7, 11) is 0. The van der Waals surface area contributed by atoms with E-state index in [0.29, 0.717) is 0 Å². The molecule has 0 aliphatic rings. The molecule has 0 unspecified atom stereocenters. The van der Waals surface area contributed by atoms with Crippen molar-refractivity contribution < 1.29 is 0 Å². The highest BCUT2D eigenvalue weighted by molar-refractivity contribution is 4.62. The zero-order chi connectivity index (χ0) is 6.41. The summed E-state index contributed by atoms with van der Waals surface area (Å²) in [5.74, 6) is 0.819. The third-order valence-corrected chi connectivity index (χ3v) is 1.62. The van der Waals surface area contributed by atoms with E-state index in [1.54, 1.807) is 6.54 Å². The van der Waals surface area contributed by atoms with Crippen molar-refractivity contribution in [2.45, 2.75) is 33.1 Å². The van der Waals surface area contributed by atoms with Gasteiger partial charge in [0.2, 0.25) is 0 Å². The van der Waals surface area contributed by atoms with Crippen LogP contribution in [0, 0.1) is 12.5 Å². The molecule has 0 saturated carbocycles. The van der Waals surface area contributed by atoms with Crippen LogP contribution in [0.5, 0.6) is 0 Å². The third-order valence-electron chi connectivity index (χ3n) is 1.62. The molecule has 0 saturated heterocycles. The first-order chi connectivity index (χ1) is 3.85. The third kappa shape index (κ3) is 3.03. The van der Waals surface area contributed by atoms with Gasteiger partial charge in [0.25, 0.3) is 0 Å². The van der Waals surface area contributed by atoms with Crippen LogP contribution < -0.4 is 5.73 Å². The van der Waals surface area contributed by atoms with Crippen LogP contribution in [-0.2, 0) is 0 Å². The molecule has 0 spiro atoms. The van der Waals surface area contributed by atoms with E-state index < -0.39 is 0 Å². The lowest BCUT2D eigenvalue weighted by Gasteiger charge is -2.07. The molecule has 0 aliphatic heterocycles. The monoisotopic (exact) mass is 114 g/mol. The van der Waals surface area contributed by atoms with Crippen molar-refractivity contribution in [2.24, 2.45) is 11.7 Å². The van der Waals surface area contributed by atoms with Gasteiger partial charge in [0, 0.05) is 6.54 Å². The molecule has 1 radical (unpaired) electrons. The average molecular weight is 114 g/mol. The summed E-state index contributed by atoms with van der Waals surface area (Å²) in [4.78, 5) is 0. The molecular formula is C7H16N. The predicted molar refractivity (Wildman–Crippen MR) is 37.2 cm³/mol. The van der Waals surface area contributed by atoms with Crippen molar-refractivity contribution in [2.75, 3.05) is 0 Å². The second kappa shape index (κ2) is 5.10. The van der Waals surface area contributed by atoms with Crippen LogP contribution in [0.1, 0.15) is 33.1 Å². The van der Waals surface area contributed by atoms with Crippen molar-refractivity contribution in [3.63, 3.8) is 0 Å². The minimum atomic E-state index is 0.819. The van der Waals surface area contributed by atoms with E-state index in [-0.39, 0.29) is 0 Å².